The highest BCUT2D eigenvalue weighted by atomic mass is 16.5. The summed E-state index contributed by atoms with van der Waals surface area (Å²) in [7, 11) is 0. The summed E-state index contributed by atoms with van der Waals surface area (Å²) >= 11 is 0. The summed E-state index contributed by atoms with van der Waals surface area (Å²) in [4.78, 5) is 2.66. The van der Waals surface area contributed by atoms with Crippen molar-refractivity contribution >= 4 is 0 Å². The summed E-state index contributed by atoms with van der Waals surface area (Å²) < 4.78 is 5.46. The van der Waals surface area contributed by atoms with Crippen molar-refractivity contribution in [3.05, 3.63) is 0 Å². The number of rotatable bonds is 5. The van der Waals surface area contributed by atoms with E-state index < -0.39 is 0 Å². The smallest absolute Gasteiger partial charge is 0.0469 e. The molecule has 0 amide bonds. The Morgan fingerprint density at radius 2 is 2.06 bits per heavy atom. The predicted octanol–water partition coefficient (Wildman–Crippen LogP) is 1.86. The zero-order valence-corrected chi connectivity index (χ0v) is 11.2. The SMILES string of the molecule is CCCC1CCN(C(CN)C2CCOCC2)C1. The highest BCUT2D eigenvalue weighted by molar-refractivity contribution is 4.87. The van der Waals surface area contributed by atoms with Crippen LogP contribution in [0.25, 0.3) is 0 Å². The van der Waals surface area contributed by atoms with Crippen LogP contribution in [0.1, 0.15) is 39.0 Å². The third-order valence-electron chi connectivity index (χ3n) is 4.53. The number of hydrogen-bond donors (Lipinski definition) is 1. The molecule has 0 radical (unpaired) electrons. The van der Waals surface area contributed by atoms with Crippen LogP contribution < -0.4 is 5.73 Å². The molecule has 2 atom stereocenters. The first kappa shape index (κ1) is 13.3. The summed E-state index contributed by atoms with van der Waals surface area (Å²) in [6.45, 7) is 7.54. The van der Waals surface area contributed by atoms with Gasteiger partial charge in [-0.2, -0.15) is 0 Å². The minimum Gasteiger partial charge on any atom is -0.381 e. The summed E-state index contributed by atoms with van der Waals surface area (Å²) in [6, 6.07) is 0.612. The maximum atomic E-state index is 6.02. The Balaban J connectivity index is 1.85. The fourth-order valence-corrected chi connectivity index (χ4v) is 3.55. The standard InChI is InChI=1S/C14H28N2O/c1-2-3-12-4-7-16(11-12)14(10-15)13-5-8-17-9-6-13/h12-14H,2-11,15H2,1H3. The van der Waals surface area contributed by atoms with Crippen LogP contribution in [-0.2, 0) is 4.74 Å². The lowest BCUT2D eigenvalue weighted by Gasteiger charge is -2.36. The van der Waals surface area contributed by atoms with Gasteiger partial charge in [0.25, 0.3) is 0 Å². The minimum absolute atomic E-state index is 0.612. The van der Waals surface area contributed by atoms with Gasteiger partial charge in [-0.25, -0.2) is 0 Å². The van der Waals surface area contributed by atoms with Gasteiger partial charge < -0.3 is 10.5 Å². The number of nitrogens with two attached hydrogens (primary N) is 1. The van der Waals surface area contributed by atoms with Gasteiger partial charge >= 0.3 is 0 Å². The number of likely N-dealkylation sites (tertiary alicyclic amines) is 1. The molecule has 2 aliphatic rings. The molecule has 0 bridgehead atoms. The highest BCUT2D eigenvalue weighted by Gasteiger charge is 2.32. The Morgan fingerprint density at radius 1 is 1.29 bits per heavy atom. The van der Waals surface area contributed by atoms with Gasteiger partial charge in [0.15, 0.2) is 0 Å². The van der Waals surface area contributed by atoms with Gasteiger partial charge in [0.05, 0.1) is 0 Å². The van der Waals surface area contributed by atoms with Gasteiger partial charge in [0.2, 0.25) is 0 Å². The van der Waals surface area contributed by atoms with E-state index in [-0.39, 0.29) is 0 Å². The van der Waals surface area contributed by atoms with E-state index >= 15 is 0 Å². The van der Waals surface area contributed by atoms with E-state index in [0.717, 1.165) is 31.6 Å². The van der Waals surface area contributed by atoms with E-state index in [2.05, 4.69) is 11.8 Å². The molecule has 3 heteroatoms. The third kappa shape index (κ3) is 3.43. The topological polar surface area (TPSA) is 38.5 Å². The van der Waals surface area contributed by atoms with Gasteiger partial charge in [-0.3, -0.25) is 4.90 Å². The van der Waals surface area contributed by atoms with E-state index in [4.69, 9.17) is 10.5 Å². The minimum atomic E-state index is 0.612. The van der Waals surface area contributed by atoms with E-state index in [1.807, 2.05) is 0 Å². The molecule has 2 unspecified atom stereocenters. The Hall–Kier alpha value is -0.120. The number of hydrogen-bond acceptors (Lipinski definition) is 3. The van der Waals surface area contributed by atoms with Crippen LogP contribution in [0.5, 0.6) is 0 Å². The third-order valence-corrected chi connectivity index (χ3v) is 4.53. The molecule has 0 spiro atoms. The first-order chi connectivity index (χ1) is 8.35. The fourth-order valence-electron chi connectivity index (χ4n) is 3.55. The largest absolute Gasteiger partial charge is 0.381 e. The zero-order chi connectivity index (χ0) is 12.1. The summed E-state index contributed by atoms with van der Waals surface area (Å²) in [5, 5.41) is 0. The van der Waals surface area contributed by atoms with Crippen LogP contribution in [0.15, 0.2) is 0 Å². The van der Waals surface area contributed by atoms with E-state index in [9.17, 15) is 0 Å². The van der Waals surface area contributed by atoms with Gasteiger partial charge in [-0.1, -0.05) is 13.3 Å². The molecular formula is C14H28N2O. The normalized spacial score (nSPS) is 29.6. The Labute approximate surface area is 106 Å². The van der Waals surface area contributed by atoms with Crippen molar-refractivity contribution in [3.63, 3.8) is 0 Å². The number of nitrogens with zero attached hydrogens (tertiary/aromatic N) is 1. The molecular weight excluding hydrogens is 212 g/mol. The van der Waals surface area contributed by atoms with E-state index in [0.29, 0.717) is 6.04 Å². The molecule has 2 fully saturated rings. The van der Waals surface area contributed by atoms with Crippen molar-refractivity contribution in [2.75, 3.05) is 32.8 Å². The first-order valence-corrected chi connectivity index (χ1v) is 7.37. The van der Waals surface area contributed by atoms with E-state index in [1.165, 1.54) is 45.2 Å². The maximum absolute atomic E-state index is 6.02. The Kier molecular flexibility index (Phi) is 5.26. The van der Waals surface area contributed by atoms with Crippen LogP contribution in [-0.4, -0.2) is 43.8 Å². The van der Waals surface area contributed by atoms with Gasteiger partial charge in [-0.05, 0) is 44.1 Å². The molecule has 17 heavy (non-hydrogen) atoms. The monoisotopic (exact) mass is 240 g/mol. The second kappa shape index (κ2) is 6.72. The quantitative estimate of drug-likeness (QED) is 0.797. The molecule has 0 aromatic rings. The lowest BCUT2D eigenvalue weighted by Crippen LogP contribution is -2.46. The van der Waals surface area contributed by atoms with Crippen LogP contribution in [0.4, 0.5) is 0 Å². The van der Waals surface area contributed by atoms with Gasteiger partial charge in [0.1, 0.15) is 0 Å². The van der Waals surface area contributed by atoms with Gasteiger partial charge in [-0.15, -0.1) is 0 Å². The summed E-state index contributed by atoms with van der Waals surface area (Å²) in [5.41, 5.74) is 6.02. The number of ether oxygens (including phenoxy) is 1. The van der Waals surface area contributed by atoms with Gasteiger partial charge in [0, 0.05) is 32.3 Å². The molecule has 100 valence electrons. The lowest BCUT2D eigenvalue weighted by molar-refractivity contribution is 0.0323. The zero-order valence-electron chi connectivity index (χ0n) is 11.2. The second-order valence-electron chi connectivity index (χ2n) is 5.69. The van der Waals surface area contributed by atoms with Crippen LogP contribution >= 0.6 is 0 Å². The molecule has 2 rings (SSSR count). The Morgan fingerprint density at radius 3 is 2.71 bits per heavy atom. The summed E-state index contributed by atoms with van der Waals surface area (Å²) in [6.07, 6.45) is 6.51. The van der Waals surface area contributed by atoms with Crippen LogP contribution in [0, 0.1) is 11.8 Å². The first-order valence-electron chi connectivity index (χ1n) is 7.37. The van der Waals surface area contributed by atoms with Crippen molar-refractivity contribution in [1.29, 1.82) is 0 Å². The molecule has 2 aliphatic heterocycles. The van der Waals surface area contributed by atoms with Crippen LogP contribution in [0.2, 0.25) is 0 Å². The molecule has 0 saturated carbocycles. The fraction of sp³-hybridized carbons (Fsp3) is 1.00. The predicted molar refractivity (Wildman–Crippen MR) is 71.0 cm³/mol. The molecule has 2 heterocycles. The maximum Gasteiger partial charge on any atom is 0.0469 e. The van der Waals surface area contributed by atoms with Crippen LogP contribution in [0.3, 0.4) is 0 Å². The molecule has 0 aliphatic carbocycles. The lowest BCUT2D eigenvalue weighted by atomic mass is 9.90. The van der Waals surface area contributed by atoms with Crippen molar-refractivity contribution in [2.24, 2.45) is 17.6 Å². The highest BCUT2D eigenvalue weighted by Crippen LogP contribution is 2.28. The average molecular weight is 240 g/mol. The molecule has 0 aromatic heterocycles. The van der Waals surface area contributed by atoms with Crippen molar-refractivity contribution in [3.8, 4) is 0 Å². The summed E-state index contributed by atoms with van der Waals surface area (Å²) in [5.74, 6) is 1.70. The molecule has 2 N–H and O–H groups in total. The Bertz CT molecular complexity index is 216. The van der Waals surface area contributed by atoms with E-state index in [1.54, 1.807) is 0 Å². The van der Waals surface area contributed by atoms with Crippen molar-refractivity contribution in [2.45, 2.75) is 45.1 Å². The average Bonchev–Trinajstić information content (AvgIpc) is 2.81. The molecule has 2 saturated heterocycles. The second-order valence-corrected chi connectivity index (χ2v) is 5.69. The van der Waals surface area contributed by atoms with Crippen molar-refractivity contribution < 1.29 is 4.74 Å². The molecule has 3 nitrogen and oxygen atoms in total. The van der Waals surface area contributed by atoms with Crippen molar-refractivity contribution in [1.82, 2.24) is 4.90 Å². The molecule has 0 aromatic carbocycles.